The number of nitrogens with two attached hydrogens (primary N) is 1. The second-order valence-corrected chi connectivity index (χ2v) is 2.80. The molecule has 0 fully saturated rings. The largest absolute Gasteiger partial charge is 0.332 e. The fraction of sp³-hybridized carbons (Fsp3) is 0.429. The molecule has 0 bridgehead atoms. The summed E-state index contributed by atoms with van der Waals surface area (Å²) in [4.78, 5) is 4.03. The van der Waals surface area contributed by atoms with E-state index in [-0.39, 0.29) is 0 Å². The molecular weight excluding hydrogens is 184 g/mol. The van der Waals surface area contributed by atoms with Gasteiger partial charge < -0.3 is 10.3 Å². The van der Waals surface area contributed by atoms with Gasteiger partial charge in [-0.2, -0.15) is 4.98 Å². The average Bonchev–Trinajstić information content (AvgIpc) is 2.74. The van der Waals surface area contributed by atoms with Crippen LogP contribution in [0.5, 0.6) is 0 Å². The molecule has 0 atom stereocenters. The monoisotopic (exact) mass is 194 g/mol. The van der Waals surface area contributed by atoms with Crippen molar-refractivity contribution >= 4 is 0 Å². The van der Waals surface area contributed by atoms with Crippen molar-refractivity contribution < 1.29 is 4.52 Å². The summed E-state index contributed by atoms with van der Waals surface area (Å²) in [5.74, 6) is 0.958. The predicted octanol–water partition coefficient (Wildman–Crippen LogP) is -0.405. The maximum absolute atomic E-state index is 5.37. The molecule has 14 heavy (non-hydrogen) atoms. The highest BCUT2D eigenvalue weighted by atomic mass is 16.5. The maximum atomic E-state index is 5.37. The van der Waals surface area contributed by atoms with Crippen molar-refractivity contribution in [2.45, 2.75) is 13.5 Å². The molecule has 2 aromatic rings. The molecule has 0 aliphatic carbocycles. The Kier molecular flexibility index (Phi) is 2.23. The Balaban J connectivity index is 2.24. The third kappa shape index (κ3) is 1.62. The molecule has 0 spiro atoms. The number of hydrogen-bond acceptors (Lipinski definition) is 6. The van der Waals surface area contributed by atoms with Gasteiger partial charge in [0.1, 0.15) is 0 Å². The van der Waals surface area contributed by atoms with Gasteiger partial charge in [0.05, 0.1) is 12.7 Å². The van der Waals surface area contributed by atoms with Gasteiger partial charge >= 0.3 is 0 Å². The zero-order chi connectivity index (χ0) is 9.97. The summed E-state index contributed by atoms with van der Waals surface area (Å²) < 4.78 is 6.57. The standard InChI is InChI=1S/C7H10N6O/c1-5-9-7(14-11-5)6-4-13(3-2-8)12-10-6/h4H,2-3,8H2,1H3. The third-order valence-electron chi connectivity index (χ3n) is 1.64. The molecular formula is C7H10N6O. The van der Waals surface area contributed by atoms with E-state index < -0.39 is 0 Å². The lowest BCUT2D eigenvalue weighted by Crippen LogP contribution is -2.10. The van der Waals surface area contributed by atoms with Crippen molar-refractivity contribution in [2.24, 2.45) is 5.73 Å². The van der Waals surface area contributed by atoms with Crippen LogP contribution in [0.4, 0.5) is 0 Å². The highest BCUT2D eigenvalue weighted by Gasteiger charge is 2.10. The Morgan fingerprint density at radius 3 is 3.07 bits per heavy atom. The first-order valence-electron chi connectivity index (χ1n) is 4.20. The van der Waals surface area contributed by atoms with Crippen molar-refractivity contribution in [3.63, 3.8) is 0 Å². The van der Waals surface area contributed by atoms with Crippen LogP contribution in [-0.4, -0.2) is 31.7 Å². The van der Waals surface area contributed by atoms with Gasteiger partial charge in [0.25, 0.3) is 5.89 Å². The van der Waals surface area contributed by atoms with Gasteiger partial charge in [0.2, 0.25) is 0 Å². The van der Waals surface area contributed by atoms with Crippen LogP contribution in [0.25, 0.3) is 11.6 Å². The maximum Gasteiger partial charge on any atom is 0.280 e. The molecule has 0 aliphatic heterocycles. The summed E-state index contributed by atoms with van der Waals surface area (Å²) in [7, 11) is 0. The average molecular weight is 194 g/mol. The quantitative estimate of drug-likeness (QED) is 0.713. The lowest BCUT2D eigenvalue weighted by atomic mass is 10.5. The molecule has 0 amide bonds. The highest BCUT2D eigenvalue weighted by molar-refractivity contribution is 5.43. The molecule has 0 saturated heterocycles. The van der Waals surface area contributed by atoms with E-state index in [9.17, 15) is 0 Å². The Morgan fingerprint density at radius 2 is 2.43 bits per heavy atom. The minimum atomic E-state index is 0.380. The molecule has 2 heterocycles. The zero-order valence-electron chi connectivity index (χ0n) is 7.71. The minimum Gasteiger partial charge on any atom is -0.332 e. The van der Waals surface area contributed by atoms with Crippen molar-refractivity contribution in [1.29, 1.82) is 0 Å². The predicted molar refractivity (Wildman–Crippen MR) is 47.1 cm³/mol. The van der Waals surface area contributed by atoms with Crippen molar-refractivity contribution in [3.05, 3.63) is 12.0 Å². The van der Waals surface area contributed by atoms with Crippen molar-refractivity contribution in [1.82, 2.24) is 25.1 Å². The molecule has 7 heteroatoms. The molecule has 7 nitrogen and oxygen atoms in total. The SMILES string of the molecule is Cc1noc(-c2cn(CCN)nn2)n1. The van der Waals surface area contributed by atoms with Gasteiger partial charge in [-0.15, -0.1) is 5.10 Å². The van der Waals surface area contributed by atoms with Crippen LogP contribution in [0.1, 0.15) is 5.82 Å². The summed E-state index contributed by atoms with van der Waals surface area (Å²) in [6.45, 7) is 2.89. The molecule has 74 valence electrons. The number of aryl methyl sites for hydroxylation is 1. The second kappa shape index (κ2) is 3.54. The number of nitrogens with zero attached hydrogens (tertiary/aromatic N) is 5. The lowest BCUT2D eigenvalue weighted by Gasteiger charge is -1.91. The first-order chi connectivity index (χ1) is 6.79. The van der Waals surface area contributed by atoms with Gasteiger partial charge in [-0.1, -0.05) is 10.4 Å². The fourth-order valence-electron chi connectivity index (χ4n) is 1.04. The van der Waals surface area contributed by atoms with Crippen LogP contribution < -0.4 is 5.73 Å². The number of rotatable bonds is 3. The van der Waals surface area contributed by atoms with E-state index in [0.29, 0.717) is 30.5 Å². The number of aromatic nitrogens is 5. The molecule has 0 aromatic carbocycles. The van der Waals surface area contributed by atoms with E-state index in [1.165, 1.54) is 0 Å². The van der Waals surface area contributed by atoms with E-state index in [2.05, 4.69) is 20.5 Å². The molecule has 0 aliphatic rings. The van der Waals surface area contributed by atoms with E-state index in [1.54, 1.807) is 17.8 Å². The van der Waals surface area contributed by atoms with Crippen molar-refractivity contribution in [3.8, 4) is 11.6 Å². The lowest BCUT2D eigenvalue weighted by molar-refractivity contribution is 0.424. The summed E-state index contributed by atoms with van der Waals surface area (Å²) >= 11 is 0. The summed E-state index contributed by atoms with van der Waals surface area (Å²) in [6.07, 6.45) is 1.72. The van der Waals surface area contributed by atoms with Gasteiger partial charge in [-0.05, 0) is 6.92 Å². The van der Waals surface area contributed by atoms with E-state index >= 15 is 0 Å². The molecule has 0 unspecified atom stereocenters. The van der Waals surface area contributed by atoms with Gasteiger partial charge in [0.15, 0.2) is 11.5 Å². The van der Waals surface area contributed by atoms with Crippen LogP contribution in [0, 0.1) is 6.92 Å². The van der Waals surface area contributed by atoms with E-state index in [0.717, 1.165) is 0 Å². The zero-order valence-corrected chi connectivity index (χ0v) is 7.71. The molecule has 0 radical (unpaired) electrons. The van der Waals surface area contributed by atoms with Crippen LogP contribution in [0.2, 0.25) is 0 Å². The Labute approximate surface area is 79.9 Å². The number of hydrogen-bond donors (Lipinski definition) is 1. The molecule has 2 rings (SSSR count). The minimum absolute atomic E-state index is 0.380. The van der Waals surface area contributed by atoms with Crippen molar-refractivity contribution in [2.75, 3.05) is 6.54 Å². The smallest absolute Gasteiger partial charge is 0.280 e. The Bertz CT molecular complexity index is 419. The highest BCUT2D eigenvalue weighted by Crippen LogP contribution is 2.12. The fourth-order valence-corrected chi connectivity index (χ4v) is 1.04. The van der Waals surface area contributed by atoms with Gasteiger partial charge in [0, 0.05) is 6.54 Å². The molecule has 2 aromatic heterocycles. The summed E-state index contributed by atoms with van der Waals surface area (Å²) in [5, 5.41) is 11.4. The first kappa shape index (κ1) is 8.82. The molecule has 0 saturated carbocycles. The van der Waals surface area contributed by atoms with E-state index in [1.807, 2.05) is 0 Å². The third-order valence-corrected chi connectivity index (χ3v) is 1.64. The van der Waals surface area contributed by atoms with Crippen LogP contribution in [0.15, 0.2) is 10.7 Å². The molecule has 2 N–H and O–H groups in total. The summed E-state index contributed by atoms with van der Waals surface area (Å²) in [6, 6.07) is 0. The Morgan fingerprint density at radius 1 is 1.57 bits per heavy atom. The first-order valence-corrected chi connectivity index (χ1v) is 4.20. The van der Waals surface area contributed by atoms with Crippen LogP contribution in [-0.2, 0) is 6.54 Å². The normalized spacial score (nSPS) is 10.7. The van der Waals surface area contributed by atoms with E-state index in [4.69, 9.17) is 10.3 Å². The van der Waals surface area contributed by atoms with Gasteiger partial charge in [-0.3, -0.25) is 4.68 Å². The summed E-state index contributed by atoms with van der Waals surface area (Å²) in [5.41, 5.74) is 5.94. The van der Waals surface area contributed by atoms with Gasteiger partial charge in [-0.25, -0.2) is 0 Å². The Hall–Kier alpha value is -1.76. The topological polar surface area (TPSA) is 95.7 Å². The second-order valence-electron chi connectivity index (χ2n) is 2.80. The van der Waals surface area contributed by atoms with Crippen LogP contribution in [0.3, 0.4) is 0 Å². The van der Waals surface area contributed by atoms with Crippen LogP contribution >= 0.6 is 0 Å².